The van der Waals surface area contributed by atoms with E-state index in [0.29, 0.717) is 47.7 Å². The molecule has 1 aromatic carbocycles. The summed E-state index contributed by atoms with van der Waals surface area (Å²) >= 11 is 0. The zero-order valence-electron chi connectivity index (χ0n) is 38.0. The SMILES string of the molecule is CN(C[C@H]1CC[C@H](n2cc(NC(=O)c3coc(-c4ccnc(NCC5CC5)c4)n3)c(C(F)F)n2)CC1)C1CC(OC2CCN(Cc3cccc4c3n(C)c(=O)n4C3CCC(=O)NC3=O)CC2)C1. The van der Waals surface area contributed by atoms with E-state index < -0.39 is 30.0 Å². The molecule has 5 aliphatic rings. The van der Waals surface area contributed by atoms with Crippen LogP contribution in [-0.2, 0) is 27.9 Å². The molecule has 0 bridgehead atoms. The van der Waals surface area contributed by atoms with Gasteiger partial charge in [-0.3, -0.25) is 38.4 Å². The predicted octanol–water partition coefficient (Wildman–Crippen LogP) is 6.45. The third-order valence-electron chi connectivity index (χ3n) is 14.7. The lowest BCUT2D eigenvalue weighted by atomic mass is 9.83. The van der Waals surface area contributed by atoms with E-state index in [1.54, 1.807) is 34.6 Å². The Labute approximate surface area is 386 Å². The van der Waals surface area contributed by atoms with Crippen molar-refractivity contribution in [2.75, 3.05) is 43.9 Å². The Bertz CT molecular complexity index is 2670. The summed E-state index contributed by atoms with van der Waals surface area (Å²) in [5.74, 6) is 0.690. The van der Waals surface area contributed by atoms with E-state index in [2.05, 4.69) is 47.9 Å². The van der Waals surface area contributed by atoms with Crippen LogP contribution in [0.3, 0.4) is 0 Å². The van der Waals surface area contributed by atoms with E-state index in [1.807, 2.05) is 18.2 Å². The summed E-state index contributed by atoms with van der Waals surface area (Å²) in [4.78, 5) is 64.6. The highest BCUT2D eigenvalue weighted by Gasteiger charge is 2.37. The first-order valence-corrected chi connectivity index (χ1v) is 23.9. The van der Waals surface area contributed by atoms with Crippen LogP contribution in [-0.4, -0.2) is 108 Å². The lowest BCUT2D eigenvalue weighted by Gasteiger charge is -2.45. The van der Waals surface area contributed by atoms with Gasteiger partial charge in [0.15, 0.2) is 11.4 Å². The fraction of sp³-hybridized carbons (Fsp3) is 0.562. The van der Waals surface area contributed by atoms with Crippen LogP contribution >= 0.6 is 0 Å². The van der Waals surface area contributed by atoms with Crippen molar-refractivity contribution >= 4 is 40.3 Å². The van der Waals surface area contributed by atoms with Gasteiger partial charge in [0.1, 0.15) is 18.1 Å². The average Bonchev–Trinajstić information content (AvgIpc) is 3.71. The van der Waals surface area contributed by atoms with E-state index in [1.165, 1.54) is 29.9 Å². The number of piperidine rings is 2. The lowest BCUT2D eigenvalue weighted by molar-refractivity contribution is -0.135. The molecule has 3 saturated carbocycles. The number of anilines is 2. The molecular formula is C48H59F2N11O6. The van der Waals surface area contributed by atoms with Crippen LogP contribution in [0.4, 0.5) is 20.3 Å². The first-order chi connectivity index (χ1) is 32.4. The van der Waals surface area contributed by atoms with Gasteiger partial charge >= 0.3 is 5.69 Å². The number of hydrogen-bond donors (Lipinski definition) is 3. The van der Waals surface area contributed by atoms with E-state index in [9.17, 15) is 28.0 Å². The molecule has 2 saturated heterocycles. The fourth-order valence-corrected chi connectivity index (χ4v) is 10.5. The van der Waals surface area contributed by atoms with Crippen LogP contribution in [0.5, 0.6) is 0 Å². The number of fused-ring (bicyclic) bond motifs is 1. The smallest absolute Gasteiger partial charge is 0.329 e. The number of carbonyl (C=O) groups is 3. The molecule has 6 heterocycles. The number of rotatable bonds is 16. The van der Waals surface area contributed by atoms with Crippen LogP contribution in [0.2, 0.25) is 0 Å². The molecule has 5 fully saturated rings. The number of benzene rings is 1. The number of nitrogens with zero attached hydrogens (tertiary/aromatic N) is 8. The molecule has 3 N–H and O–H groups in total. The number of imide groups is 1. The number of carbonyl (C=O) groups excluding carboxylic acids is 3. The number of imidazole rings is 1. The van der Waals surface area contributed by atoms with Crippen molar-refractivity contribution < 1.29 is 32.3 Å². The second-order valence-electron chi connectivity index (χ2n) is 19.4. The Morgan fingerprint density at radius 1 is 1.00 bits per heavy atom. The fourth-order valence-electron chi connectivity index (χ4n) is 10.5. The van der Waals surface area contributed by atoms with Crippen LogP contribution in [0.15, 0.2) is 58.2 Å². The first-order valence-electron chi connectivity index (χ1n) is 23.9. The average molecular weight is 924 g/mol. The third kappa shape index (κ3) is 9.81. The highest BCUT2D eigenvalue weighted by molar-refractivity contribution is 6.03. The second-order valence-corrected chi connectivity index (χ2v) is 19.4. The van der Waals surface area contributed by atoms with Gasteiger partial charge in [0.05, 0.1) is 35.0 Å². The summed E-state index contributed by atoms with van der Waals surface area (Å²) in [5, 5.41) is 12.6. The summed E-state index contributed by atoms with van der Waals surface area (Å²) < 4.78 is 45.4. The first kappa shape index (κ1) is 45.0. The normalized spacial score (nSPS) is 24.1. The molecule has 10 rings (SSSR count). The molecule has 1 atom stereocenters. The molecule has 3 amide bonds. The highest BCUT2D eigenvalue weighted by atomic mass is 19.3. The number of para-hydroxylation sites is 1. The molecule has 1 unspecified atom stereocenters. The lowest BCUT2D eigenvalue weighted by Crippen LogP contribution is -2.50. The van der Waals surface area contributed by atoms with Gasteiger partial charge in [0.2, 0.25) is 17.7 Å². The largest absolute Gasteiger partial charge is 0.444 e. The van der Waals surface area contributed by atoms with E-state index in [-0.39, 0.29) is 53.5 Å². The molecule has 0 radical (unpaired) electrons. The van der Waals surface area contributed by atoms with Crippen LogP contribution in [0, 0.1) is 11.8 Å². The number of oxazole rings is 1. The highest BCUT2D eigenvalue weighted by Crippen LogP contribution is 2.38. The molecule has 67 heavy (non-hydrogen) atoms. The van der Waals surface area contributed by atoms with Gasteiger partial charge in [-0.15, -0.1) is 0 Å². The predicted molar refractivity (Wildman–Crippen MR) is 245 cm³/mol. The minimum Gasteiger partial charge on any atom is -0.444 e. The Kier molecular flexibility index (Phi) is 12.8. The number of ether oxygens (including phenoxy) is 1. The molecule has 2 aliphatic heterocycles. The van der Waals surface area contributed by atoms with Crippen molar-refractivity contribution in [2.45, 2.75) is 120 Å². The quantitative estimate of drug-likeness (QED) is 0.0920. The number of aromatic nitrogens is 6. The van der Waals surface area contributed by atoms with Crippen molar-refractivity contribution in [1.29, 1.82) is 0 Å². The summed E-state index contributed by atoms with van der Waals surface area (Å²) in [6.45, 7) is 4.27. The third-order valence-corrected chi connectivity index (χ3v) is 14.7. The zero-order chi connectivity index (χ0) is 46.3. The molecule has 3 aliphatic carbocycles. The van der Waals surface area contributed by atoms with E-state index in [4.69, 9.17) is 9.15 Å². The monoisotopic (exact) mass is 923 g/mol. The standard InChI is InChI=1S/C48H59F2N11O6/c1-57(33-21-35(22-33)67-34-15-18-59(19-16-34)25-31-4-3-5-38-43(31)58(2)48(65)61(38)39-12-13-41(62)55-46(39)64)24-29-8-10-32(11-9-29)60-26-36(42(56-60)44(49)50)53-45(63)37-27-66-47(54-37)30-14-17-51-40(20-30)52-23-28-6-7-28/h3-5,14,17,20,26-29,32-35,39,44H,6-13,15-16,18-19,21-25H2,1-2H3,(H,51,52)(H,53,63)(H,55,62,64)/t29-,32-,33?,35?,39?. The number of likely N-dealkylation sites (tertiary alicyclic amines) is 1. The van der Waals surface area contributed by atoms with Crippen molar-refractivity contribution in [2.24, 2.45) is 18.9 Å². The van der Waals surface area contributed by atoms with Crippen LogP contribution in [0.25, 0.3) is 22.5 Å². The van der Waals surface area contributed by atoms with E-state index in [0.717, 1.165) is 88.6 Å². The van der Waals surface area contributed by atoms with Gasteiger partial charge in [0.25, 0.3) is 12.3 Å². The van der Waals surface area contributed by atoms with Crippen LogP contribution in [0.1, 0.15) is 117 Å². The Morgan fingerprint density at radius 2 is 1.78 bits per heavy atom. The topological polar surface area (TPSA) is 187 Å². The van der Waals surface area contributed by atoms with Gasteiger partial charge in [-0.1, -0.05) is 12.1 Å². The number of alkyl halides is 2. The maximum atomic E-state index is 14.2. The van der Waals surface area contributed by atoms with Crippen molar-refractivity contribution in [3.63, 3.8) is 0 Å². The molecule has 4 aromatic heterocycles. The maximum absolute atomic E-state index is 14.2. The summed E-state index contributed by atoms with van der Waals surface area (Å²) in [5.41, 5.74) is 2.43. The number of pyridine rings is 1. The molecule has 17 nitrogen and oxygen atoms in total. The zero-order valence-corrected chi connectivity index (χ0v) is 38.0. The van der Waals surface area contributed by atoms with Gasteiger partial charge in [-0.05, 0) is 113 Å². The minimum atomic E-state index is -2.86. The van der Waals surface area contributed by atoms with E-state index >= 15 is 0 Å². The minimum absolute atomic E-state index is 0.0248. The molecule has 5 aromatic rings. The number of nitrogens with one attached hydrogen (secondary N) is 3. The number of aryl methyl sites for hydroxylation is 1. The van der Waals surface area contributed by atoms with Gasteiger partial charge in [-0.25, -0.2) is 23.5 Å². The van der Waals surface area contributed by atoms with Gasteiger partial charge < -0.3 is 24.7 Å². The molecule has 0 spiro atoms. The summed E-state index contributed by atoms with van der Waals surface area (Å²) in [6.07, 6.45) is 12.3. The Morgan fingerprint density at radius 3 is 2.52 bits per heavy atom. The Balaban J connectivity index is 0.657. The number of halogens is 2. The van der Waals surface area contributed by atoms with Gasteiger partial charge in [0, 0.05) is 70.2 Å². The number of amides is 3. The molecule has 19 heteroatoms. The maximum Gasteiger partial charge on any atom is 0.329 e. The Hall–Kier alpha value is -5.79. The summed E-state index contributed by atoms with van der Waals surface area (Å²) in [6, 6.07) is 9.11. The number of hydrogen-bond acceptors (Lipinski definition) is 12. The van der Waals surface area contributed by atoms with Crippen molar-refractivity contribution in [3.05, 3.63) is 76.4 Å². The second kappa shape index (κ2) is 19.1. The van der Waals surface area contributed by atoms with Crippen molar-refractivity contribution in [1.82, 2.24) is 44.0 Å². The summed E-state index contributed by atoms with van der Waals surface area (Å²) in [7, 11) is 3.94. The van der Waals surface area contributed by atoms with Crippen LogP contribution < -0.4 is 21.6 Å². The molecular weight excluding hydrogens is 865 g/mol. The van der Waals surface area contributed by atoms with Crippen molar-refractivity contribution in [3.8, 4) is 11.5 Å². The van der Waals surface area contributed by atoms with Gasteiger partial charge in [-0.2, -0.15) is 5.10 Å². The molecule has 356 valence electrons.